The van der Waals surface area contributed by atoms with Crippen molar-refractivity contribution in [3.8, 4) is 5.75 Å². The number of fused-ring (bicyclic) bond motifs is 1. The van der Waals surface area contributed by atoms with Crippen LogP contribution < -0.4 is 14.5 Å². The molecule has 3 aromatic carbocycles. The van der Waals surface area contributed by atoms with Gasteiger partial charge in [-0.2, -0.15) is 0 Å². The van der Waals surface area contributed by atoms with E-state index in [-0.39, 0.29) is 30.5 Å². The average Bonchev–Trinajstić information content (AvgIpc) is 2.84. The number of nitrogens with zero attached hydrogens (tertiary/aromatic N) is 2. The highest BCUT2D eigenvalue weighted by molar-refractivity contribution is 5.98. The van der Waals surface area contributed by atoms with Gasteiger partial charge in [0.15, 0.2) is 6.61 Å². The molecule has 1 aliphatic heterocycles. The lowest BCUT2D eigenvalue weighted by molar-refractivity contribution is -0.121. The first-order valence-electron chi connectivity index (χ1n) is 11.1. The smallest absolute Gasteiger partial charge is 0.265 e. The van der Waals surface area contributed by atoms with Crippen molar-refractivity contribution >= 4 is 23.2 Å². The predicted octanol–water partition coefficient (Wildman–Crippen LogP) is 5.38. The summed E-state index contributed by atoms with van der Waals surface area (Å²) in [6, 6.07) is 26.7. The van der Waals surface area contributed by atoms with E-state index < -0.39 is 0 Å². The third kappa shape index (κ3) is 4.37. The summed E-state index contributed by atoms with van der Waals surface area (Å²) in [4.78, 5) is 29.9. The molecule has 0 spiro atoms. The lowest BCUT2D eigenvalue weighted by Crippen LogP contribution is -2.48. The Bertz CT molecular complexity index is 1070. The predicted molar refractivity (Wildman–Crippen MR) is 127 cm³/mol. The third-order valence-electron chi connectivity index (χ3n) is 5.85. The van der Waals surface area contributed by atoms with Crippen LogP contribution in [0.2, 0.25) is 0 Å². The molecule has 0 unspecified atom stereocenters. The standard InChI is InChI=1S/C27H28N2O3/c1-3-26(30)28-20(2)18-25(23-16-10-11-17-24(23)28)29(21-12-6-4-7-13-21)27(31)19-32-22-14-8-5-9-15-22/h4-17,20,25H,3,18-19H2,1-2H3/t20-,25+/m1/s1. The molecule has 0 bridgehead atoms. The Morgan fingerprint density at radius 3 is 2.25 bits per heavy atom. The Labute approximate surface area is 189 Å². The maximum atomic E-state index is 13.5. The number of amides is 2. The highest BCUT2D eigenvalue weighted by atomic mass is 16.5. The zero-order valence-electron chi connectivity index (χ0n) is 18.5. The van der Waals surface area contributed by atoms with E-state index in [2.05, 4.69) is 0 Å². The summed E-state index contributed by atoms with van der Waals surface area (Å²) in [5.41, 5.74) is 2.67. The number of rotatable bonds is 6. The second-order valence-electron chi connectivity index (χ2n) is 7.98. The molecular formula is C27H28N2O3. The third-order valence-corrected chi connectivity index (χ3v) is 5.85. The number of hydrogen-bond donors (Lipinski definition) is 0. The summed E-state index contributed by atoms with van der Waals surface area (Å²) in [6.07, 6.45) is 1.09. The SMILES string of the molecule is CCC(=O)N1c2ccccc2[C@@H](N(C(=O)COc2ccccc2)c2ccccc2)C[C@H]1C. The Balaban J connectivity index is 1.71. The fourth-order valence-electron chi connectivity index (χ4n) is 4.39. The molecule has 0 aromatic heterocycles. The van der Waals surface area contributed by atoms with E-state index >= 15 is 0 Å². The van der Waals surface area contributed by atoms with Crippen molar-refractivity contribution in [2.75, 3.05) is 16.4 Å². The van der Waals surface area contributed by atoms with Crippen LogP contribution >= 0.6 is 0 Å². The fraction of sp³-hybridized carbons (Fsp3) is 0.259. The van der Waals surface area contributed by atoms with Gasteiger partial charge in [-0.1, -0.05) is 61.5 Å². The van der Waals surface area contributed by atoms with E-state index in [1.165, 1.54) is 0 Å². The molecule has 0 aliphatic carbocycles. The van der Waals surface area contributed by atoms with Crippen LogP contribution in [0.25, 0.3) is 0 Å². The van der Waals surface area contributed by atoms with Gasteiger partial charge < -0.3 is 14.5 Å². The largest absolute Gasteiger partial charge is 0.484 e. The first-order chi connectivity index (χ1) is 15.6. The lowest BCUT2D eigenvalue weighted by atomic mass is 9.89. The van der Waals surface area contributed by atoms with Crippen LogP contribution in [-0.2, 0) is 9.59 Å². The van der Waals surface area contributed by atoms with E-state index in [9.17, 15) is 9.59 Å². The monoisotopic (exact) mass is 428 g/mol. The molecular weight excluding hydrogens is 400 g/mol. The number of ether oxygens (including phenoxy) is 1. The first-order valence-corrected chi connectivity index (χ1v) is 11.1. The molecule has 0 fully saturated rings. The van der Waals surface area contributed by atoms with Crippen LogP contribution in [0.5, 0.6) is 5.75 Å². The van der Waals surface area contributed by atoms with Crippen LogP contribution in [0, 0.1) is 0 Å². The van der Waals surface area contributed by atoms with Gasteiger partial charge >= 0.3 is 0 Å². The summed E-state index contributed by atoms with van der Waals surface area (Å²) in [5.74, 6) is 0.627. The summed E-state index contributed by atoms with van der Waals surface area (Å²) in [7, 11) is 0. The zero-order chi connectivity index (χ0) is 22.5. The molecule has 1 aliphatic rings. The molecule has 0 saturated carbocycles. The van der Waals surface area contributed by atoms with Crippen molar-refractivity contribution in [2.24, 2.45) is 0 Å². The van der Waals surface area contributed by atoms with Crippen LogP contribution in [0.1, 0.15) is 38.3 Å². The van der Waals surface area contributed by atoms with Crippen LogP contribution in [0.4, 0.5) is 11.4 Å². The van der Waals surface area contributed by atoms with Gasteiger partial charge in [-0.3, -0.25) is 9.59 Å². The van der Waals surface area contributed by atoms with E-state index in [1.54, 1.807) is 0 Å². The summed E-state index contributed by atoms with van der Waals surface area (Å²) >= 11 is 0. The Kier molecular flexibility index (Phi) is 6.55. The second-order valence-corrected chi connectivity index (χ2v) is 7.98. The molecule has 0 N–H and O–H groups in total. The van der Waals surface area contributed by atoms with Crippen LogP contribution in [0.3, 0.4) is 0 Å². The minimum Gasteiger partial charge on any atom is -0.484 e. The maximum absolute atomic E-state index is 13.5. The normalized spacial score (nSPS) is 17.4. The topological polar surface area (TPSA) is 49.9 Å². The number of para-hydroxylation sites is 3. The highest BCUT2D eigenvalue weighted by Gasteiger charge is 2.38. The van der Waals surface area contributed by atoms with E-state index in [1.807, 2.05) is 109 Å². The van der Waals surface area contributed by atoms with Crippen molar-refractivity contribution in [2.45, 2.75) is 38.8 Å². The molecule has 164 valence electrons. The molecule has 5 heteroatoms. The van der Waals surface area contributed by atoms with Crippen molar-refractivity contribution < 1.29 is 14.3 Å². The molecule has 3 aromatic rings. The zero-order valence-corrected chi connectivity index (χ0v) is 18.5. The Morgan fingerprint density at radius 2 is 1.56 bits per heavy atom. The van der Waals surface area contributed by atoms with E-state index in [0.29, 0.717) is 18.6 Å². The van der Waals surface area contributed by atoms with E-state index in [0.717, 1.165) is 16.9 Å². The van der Waals surface area contributed by atoms with Crippen molar-refractivity contribution in [3.63, 3.8) is 0 Å². The van der Waals surface area contributed by atoms with Crippen LogP contribution in [0.15, 0.2) is 84.9 Å². The molecule has 32 heavy (non-hydrogen) atoms. The number of anilines is 2. The quantitative estimate of drug-likeness (QED) is 0.530. The van der Waals surface area contributed by atoms with Gasteiger partial charge in [-0.25, -0.2) is 0 Å². The van der Waals surface area contributed by atoms with E-state index in [4.69, 9.17) is 4.74 Å². The molecule has 0 saturated heterocycles. The summed E-state index contributed by atoms with van der Waals surface area (Å²) < 4.78 is 5.80. The number of carbonyl (C=O) groups is 2. The molecule has 5 nitrogen and oxygen atoms in total. The van der Waals surface area contributed by atoms with Crippen molar-refractivity contribution in [1.29, 1.82) is 0 Å². The molecule has 0 radical (unpaired) electrons. The Morgan fingerprint density at radius 1 is 0.938 bits per heavy atom. The molecule has 1 heterocycles. The van der Waals surface area contributed by atoms with Gasteiger partial charge in [0, 0.05) is 23.8 Å². The van der Waals surface area contributed by atoms with Crippen LogP contribution in [-0.4, -0.2) is 24.5 Å². The summed E-state index contributed by atoms with van der Waals surface area (Å²) in [5, 5.41) is 0. The van der Waals surface area contributed by atoms with Gasteiger partial charge in [0.05, 0.1) is 6.04 Å². The molecule has 4 rings (SSSR count). The maximum Gasteiger partial charge on any atom is 0.265 e. The lowest BCUT2D eigenvalue weighted by Gasteiger charge is -2.43. The first kappa shape index (κ1) is 21.6. The second kappa shape index (κ2) is 9.69. The molecule has 2 amide bonds. The minimum atomic E-state index is -0.198. The number of benzene rings is 3. The van der Waals surface area contributed by atoms with Gasteiger partial charge in [-0.05, 0) is 49.2 Å². The van der Waals surface area contributed by atoms with Gasteiger partial charge in [0.1, 0.15) is 5.75 Å². The van der Waals surface area contributed by atoms with Gasteiger partial charge in [0.2, 0.25) is 5.91 Å². The number of carbonyl (C=O) groups excluding carboxylic acids is 2. The van der Waals surface area contributed by atoms with Crippen molar-refractivity contribution in [1.82, 2.24) is 0 Å². The molecule has 2 atom stereocenters. The minimum absolute atomic E-state index is 0.0311. The van der Waals surface area contributed by atoms with Gasteiger partial charge in [0.25, 0.3) is 5.91 Å². The highest BCUT2D eigenvalue weighted by Crippen LogP contribution is 2.42. The number of hydrogen-bond acceptors (Lipinski definition) is 3. The average molecular weight is 429 g/mol. The summed E-state index contributed by atoms with van der Waals surface area (Å²) in [6.45, 7) is 3.86. The van der Waals surface area contributed by atoms with Crippen molar-refractivity contribution in [3.05, 3.63) is 90.5 Å². The Hall–Kier alpha value is -3.60. The van der Waals surface area contributed by atoms with Gasteiger partial charge in [-0.15, -0.1) is 0 Å². The fourth-order valence-corrected chi connectivity index (χ4v) is 4.39.